The summed E-state index contributed by atoms with van der Waals surface area (Å²) in [6.45, 7) is 0.700. The average Bonchev–Trinajstić information content (AvgIpc) is 2.88. The first-order valence-electron chi connectivity index (χ1n) is 11.4. The molecule has 0 amide bonds. The third kappa shape index (κ3) is 9.97. The molecule has 0 saturated heterocycles. The predicted molar refractivity (Wildman–Crippen MR) is 130 cm³/mol. The van der Waals surface area contributed by atoms with E-state index in [2.05, 4.69) is 0 Å². The summed E-state index contributed by atoms with van der Waals surface area (Å²) in [7, 11) is -5.07. The molecule has 0 aromatic heterocycles. The zero-order chi connectivity index (χ0) is 25.2. The van der Waals surface area contributed by atoms with E-state index >= 15 is 0 Å². The summed E-state index contributed by atoms with van der Waals surface area (Å²) in [5.74, 6) is -0.196. The standard InChI is InChI=1S/C27H28O8S.Na/c28-36(29,30)35-25-16-24(20-31-17-21-10-4-1-5-11-21)34-27(33-19-23-14-8-3-9-15-23)26(25)32-18-22-12-6-2-7-13-22;/h1-16,24,26-27H,17-20H2,(H,28,29,30);/q;+1/p-1/t24-,26+,27+;/m0./s1. The molecule has 0 bridgehead atoms. The third-order valence-electron chi connectivity index (χ3n) is 5.31. The van der Waals surface area contributed by atoms with E-state index in [0.29, 0.717) is 6.61 Å². The largest absolute Gasteiger partial charge is 1.00 e. The summed E-state index contributed by atoms with van der Waals surface area (Å²) in [6.07, 6.45) is -1.50. The Labute approximate surface area is 239 Å². The molecule has 1 heterocycles. The monoisotopic (exact) mass is 534 g/mol. The van der Waals surface area contributed by atoms with E-state index in [1.807, 2.05) is 91.0 Å². The molecule has 4 rings (SSSR count). The van der Waals surface area contributed by atoms with E-state index in [9.17, 15) is 13.0 Å². The molecule has 0 saturated carbocycles. The van der Waals surface area contributed by atoms with Gasteiger partial charge in [0.2, 0.25) is 0 Å². The maximum atomic E-state index is 11.5. The van der Waals surface area contributed by atoms with Crippen LogP contribution in [0.15, 0.2) is 103 Å². The molecular formula is C27H27NaO8S. The van der Waals surface area contributed by atoms with E-state index in [0.717, 1.165) is 16.7 Å². The minimum Gasteiger partial charge on any atom is -0.716 e. The molecule has 0 N–H and O–H groups in total. The van der Waals surface area contributed by atoms with E-state index < -0.39 is 28.9 Å². The van der Waals surface area contributed by atoms with Crippen LogP contribution in [0.5, 0.6) is 0 Å². The number of ether oxygens (including phenoxy) is 4. The van der Waals surface area contributed by atoms with E-state index in [-0.39, 0.29) is 55.1 Å². The molecule has 0 radical (unpaired) electrons. The summed E-state index contributed by atoms with van der Waals surface area (Å²) in [6, 6.07) is 28.3. The normalized spacial score (nSPS) is 19.5. The molecule has 10 heteroatoms. The van der Waals surface area contributed by atoms with Crippen molar-refractivity contribution in [3.63, 3.8) is 0 Å². The van der Waals surface area contributed by atoms with Crippen molar-refractivity contribution in [2.75, 3.05) is 6.61 Å². The molecular weight excluding hydrogens is 507 g/mol. The molecule has 3 aromatic carbocycles. The summed E-state index contributed by atoms with van der Waals surface area (Å²) in [5.41, 5.74) is 2.70. The Bertz CT molecular complexity index is 1210. The predicted octanol–water partition coefficient (Wildman–Crippen LogP) is 1.10. The van der Waals surface area contributed by atoms with Gasteiger partial charge in [-0.05, 0) is 22.8 Å². The van der Waals surface area contributed by atoms with Gasteiger partial charge in [-0.3, -0.25) is 0 Å². The molecule has 0 spiro atoms. The Morgan fingerprint density at radius 2 is 1.22 bits per heavy atom. The van der Waals surface area contributed by atoms with Crippen LogP contribution in [0.3, 0.4) is 0 Å². The second kappa shape index (κ2) is 14.8. The molecule has 1 aliphatic heterocycles. The van der Waals surface area contributed by atoms with E-state index in [4.69, 9.17) is 23.1 Å². The number of hydrogen-bond acceptors (Lipinski definition) is 8. The maximum absolute atomic E-state index is 11.5. The SMILES string of the molecule is O=S(=O)([O-])OC1=C[C@@H](COCc2ccccc2)O[C@@H](OCc2ccccc2)[C@@H]1OCc1ccccc1.[Na+]. The van der Waals surface area contributed by atoms with Crippen LogP contribution in [-0.4, -0.2) is 38.1 Å². The summed E-state index contributed by atoms with van der Waals surface area (Å²) >= 11 is 0. The fraction of sp³-hybridized carbons (Fsp3) is 0.259. The number of hydrogen-bond donors (Lipinski definition) is 0. The van der Waals surface area contributed by atoms with Crippen LogP contribution in [0, 0.1) is 0 Å². The van der Waals surface area contributed by atoms with Gasteiger partial charge in [0.1, 0.15) is 6.10 Å². The Balaban J connectivity index is 0.00000380. The zero-order valence-electron chi connectivity index (χ0n) is 20.5. The van der Waals surface area contributed by atoms with Crippen molar-refractivity contribution in [2.24, 2.45) is 0 Å². The zero-order valence-corrected chi connectivity index (χ0v) is 23.3. The van der Waals surface area contributed by atoms with Gasteiger partial charge < -0.3 is 27.7 Å². The second-order valence-corrected chi connectivity index (χ2v) is 9.10. The summed E-state index contributed by atoms with van der Waals surface area (Å²) in [4.78, 5) is 0. The minimum atomic E-state index is -5.07. The summed E-state index contributed by atoms with van der Waals surface area (Å²) in [5, 5.41) is 0. The van der Waals surface area contributed by atoms with Crippen LogP contribution in [0.4, 0.5) is 0 Å². The molecule has 37 heavy (non-hydrogen) atoms. The quantitative estimate of drug-likeness (QED) is 0.193. The van der Waals surface area contributed by atoms with Crippen molar-refractivity contribution >= 4 is 10.4 Å². The van der Waals surface area contributed by atoms with Crippen LogP contribution < -0.4 is 29.6 Å². The first kappa shape index (κ1) is 29.5. The Morgan fingerprint density at radius 3 is 1.73 bits per heavy atom. The van der Waals surface area contributed by atoms with Crippen LogP contribution in [-0.2, 0) is 53.4 Å². The minimum absolute atomic E-state index is 0. The third-order valence-corrected chi connectivity index (χ3v) is 5.70. The van der Waals surface area contributed by atoms with Crippen LogP contribution in [0.25, 0.3) is 0 Å². The average molecular weight is 535 g/mol. The van der Waals surface area contributed by atoms with Gasteiger partial charge in [0.05, 0.1) is 26.4 Å². The number of rotatable bonds is 12. The first-order chi connectivity index (χ1) is 17.5. The van der Waals surface area contributed by atoms with Crippen molar-refractivity contribution in [3.05, 3.63) is 120 Å². The van der Waals surface area contributed by atoms with Gasteiger partial charge in [0, 0.05) is 0 Å². The maximum Gasteiger partial charge on any atom is 1.00 e. The van der Waals surface area contributed by atoms with Crippen molar-refractivity contribution in [1.82, 2.24) is 0 Å². The topological polar surface area (TPSA) is 103 Å². The number of benzene rings is 3. The molecule has 8 nitrogen and oxygen atoms in total. The fourth-order valence-electron chi connectivity index (χ4n) is 3.64. The molecule has 190 valence electrons. The van der Waals surface area contributed by atoms with Gasteiger partial charge in [-0.15, -0.1) is 0 Å². The summed E-state index contributed by atoms with van der Waals surface area (Å²) < 4.78 is 63.1. The van der Waals surface area contributed by atoms with Gasteiger partial charge in [-0.25, -0.2) is 8.42 Å². The van der Waals surface area contributed by atoms with Crippen molar-refractivity contribution in [3.8, 4) is 0 Å². The van der Waals surface area contributed by atoms with Gasteiger partial charge in [0.25, 0.3) is 10.4 Å². The van der Waals surface area contributed by atoms with Crippen LogP contribution in [0.2, 0.25) is 0 Å². The second-order valence-electron chi connectivity index (χ2n) is 8.12. The van der Waals surface area contributed by atoms with E-state index in [1.54, 1.807) is 0 Å². The Kier molecular flexibility index (Phi) is 11.8. The van der Waals surface area contributed by atoms with Crippen molar-refractivity contribution < 1.29 is 65.7 Å². The smallest absolute Gasteiger partial charge is 0.716 e. The van der Waals surface area contributed by atoms with E-state index in [1.165, 1.54) is 6.08 Å². The molecule has 0 unspecified atom stereocenters. The van der Waals surface area contributed by atoms with Gasteiger partial charge in [0.15, 0.2) is 18.2 Å². The van der Waals surface area contributed by atoms with Gasteiger partial charge >= 0.3 is 29.6 Å². The Hall–Kier alpha value is -2.05. The molecule has 1 aliphatic rings. The van der Waals surface area contributed by atoms with Crippen molar-refractivity contribution in [2.45, 2.75) is 38.3 Å². The van der Waals surface area contributed by atoms with Gasteiger partial charge in [-0.1, -0.05) is 91.0 Å². The van der Waals surface area contributed by atoms with Crippen LogP contribution in [0.1, 0.15) is 16.7 Å². The molecule has 0 aliphatic carbocycles. The van der Waals surface area contributed by atoms with Crippen molar-refractivity contribution in [1.29, 1.82) is 0 Å². The van der Waals surface area contributed by atoms with Gasteiger partial charge in [-0.2, -0.15) is 0 Å². The first-order valence-corrected chi connectivity index (χ1v) is 12.7. The fourth-order valence-corrected chi connectivity index (χ4v) is 4.03. The Morgan fingerprint density at radius 1 is 0.730 bits per heavy atom. The molecule has 3 aromatic rings. The molecule has 0 fully saturated rings. The molecule has 3 atom stereocenters. The van der Waals surface area contributed by atoms with Crippen LogP contribution >= 0.6 is 0 Å².